The Morgan fingerprint density at radius 3 is 3.00 bits per heavy atom. The fraction of sp³-hybridized carbons (Fsp3) is 1.00. The van der Waals surface area contributed by atoms with Crippen molar-refractivity contribution in [3.63, 3.8) is 0 Å². The minimum atomic E-state index is -0.625. The largest absolute Gasteiger partial charge is 0.389 e. The van der Waals surface area contributed by atoms with E-state index in [0.29, 0.717) is 19.6 Å². The smallest absolute Gasteiger partial charge is 0.178 e. The van der Waals surface area contributed by atoms with Gasteiger partial charge in [-0.1, -0.05) is 0 Å². The van der Waals surface area contributed by atoms with Crippen molar-refractivity contribution in [1.29, 1.82) is 0 Å². The summed E-state index contributed by atoms with van der Waals surface area (Å²) in [5, 5.41) is 9.33. The van der Waals surface area contributed by atoms with Gasteiger partial charge >= 0.3 is 0 Å². The molecule has 2 rings (SSSR count). The molecule has 0 aromatic carbocycles. The van der Waals surface area contributed by atoms with Gasteiger partial charge in [0.2, 0.25) is 0 Å². The predicted molar refractivity (Wildman–Crippen MR) is 33.2 cm³/mol. The summed E-state index contributed by atoms with van der Waals surface area (Å²) in [6, 6.07) is 0. The Morgan fingerprint density at radius 2 is 2.30 bits per heavy atom. The number of rotatable bonds is 0. The van der Waals surface area contributed by atoms with Crippen molar-refractivity contribution in [2.45, 2.75) is 24.4 Å². The molecule has 0 saturated carbocycles. The predicted octanol–water partition coefficient (Wildman–Crippen LogP) is -1.18. The molecule has 2 aliphatic rings. The van der Waals surface area contributed by atoms with Crippen LogP contribution in [0.2, 0.25) is 0 Å². The Labute approximate surface area is 58.9 Å². The third-order valence-corrected chi connectivity index (χ3v) is 2.27. The van der Waals surface area contributed by atoms with Crippen molar-refractivity contribution in [3.8, 4) is 0 Å². The highest BCUT2D eigenvalue weighted by Crippen LogP contribution is 2.33. The molecule has 0 aromatic rings. The van der Waals surface area contributed by atoms with E-state index in [-0.39, 0.29) is 6.29 Å². The molecular weight excluding hydrogens is 134 g/mol. The number of ether oxygens (including phenoxy) is 2. The van der Waals surface area contributed by atoms with Crippen LogP contribution in [0.25, 0.3) is 0 Å². The normalized spacial score (nSPS) is 53.4. The monoisotopic (exact) mass is 145 g/mol. The van der Waals surface area contributed by atoms with Gasteiger partial charge in [-0.2, -0.15) is 0 Å². The van der Waals surface area contributed by atoms with Gasteiger partial charge in [0.15, 0.2) is 6.29 Å². The molecule has 10 heavy (non-hydrogen) atoms. The quantitative estimate of drug-likeness (QED) is 0.450. The highest BCUT2D eigenvalue weighted by Gasteiger charge is 2.52. The second-order valence-electron chi connectivity index (χ2n) is 2.91. The van der Waals surface area contributed by atoms with Gasteiger partial charge in [-0.3, -0.25) is 0 Å². The summed E-state index contributed by atoms with van der Waals surface area (Å²) in [5.74, 6) is 0. The fourth-order valence-corrected chi connectivity index (χ4v) is 1.48. The Morgan fingerprint density at radius 1 is 1.50 bits per heavy atom. The summed E-state index contributed by atoms with van der Waals surface area (Å²) in [4.78, 5) is 0. The second kappa shape index (κ2) is 1.92. The van der Waals surface area contributed by atoms with Crippen molar-refractivity contribution in [2.24, 2.45) is 5.73 Å². The van der Waals surface area contributed by atoms with Crippen LogP contribution in [-0.4, -0.2) is 36.3 Å². The number of nitrogens with two attached hydrogens (primary N) is 1. The molecule has 4 nitrogen and oxygen atoms in total. The number of fused-ring (bicyclic) bond motifs is 1. The SMILES string of the molecule is N[C@@]12CCO[C@@H]1OCC2O. The molecule has 2 saturated heterocycles. The zero-order valence-electron chi connectivity index (χ0n) is 5.62. The van der Waals surface area contributed by atoms with Crippen LogP contribution >= 0.6 is 0 Å². The Kier molecular flexibility index (Phi) is 1.25. The number of aliphatic hydroxyl groups is 1. The van der Waals surface area contributed by atoms with Gasteiger partial charge in [0.05, 0.1) is 18.8 Å². The van der Waals surface area contributed by atoms with Crippen LogP contribution in [0, 0.1) is 0 Å². The Bertz CT molecular complexity index is 152. The standard InChI is InChI=1S/C6H11NO3/c7-6-1-2-9-5(6)10-3-4(6)8/h4-5,8H,1-3,7H2/t4?,5-,6-/m1/s1. The fourth-order valence-electron chi connectivity index (χ4n) is 1.48. The molecule has 0 amide bonds. The average molecular weight is 145 g/mol. The summed E-state index contributed by atoms with van der Waals surface area (Å²) in [6.45, 7) is 0.902. The summed E-state index contributed by atoms with van der Waals surface area (Å²) in [6.07, 6.45) is -0.235. The summed E-state index contributed by atoms with van der Waals surface area (Å²) < 4.78 is 10.2. The lowest BCUT2D eigenvalue weighted by Crippen LogP contribution is -2.52. The van der Waals surface area contributed by atoms with Crippen LogP contribution in [0.3, 0.4) is 0 Å². The van der Waals surface area contributed by atoms with Gasteiger partial charge in [0.25, 0.3) is 0 Å². The maximum atomic E-state index is 9.33. The molecule has 0 aliphatic carbocycles. The van der Waals surface area contributed by atoms with Crippen LogP contribution in [-0.2, 0) is 9.47 Å². The summed E-state index contributed by atoms with van der Waals surface area (Å²) >= 11 is 0. The number of hydrogen-bond acceptors (Lipinski definition) is 4. The second-order valence-corrected chi connectivity index (χ2v) is 2.91. The molecule has 0 radical (unpaired) electrons. The molecular formula is C6H11NO3. The summed E-state index contributed by atoms with van der Waals surface area (Å²) in [5.41, 5.74) is 5.18. The topological polar surface area (TPSA) is 64.7 Å². The van der Waals surface area contributed by atoms with E-state index in [4.69, 9.17) is 15.2 Å². The molecule has 3 atom stereocenters. The Balaban J connectivity index is 2.21. The van der Waals surface area contributed by atoms with Crippen molar-refractivity contribution in [1.82, 2.24) is 0 Å². The first-order valence-electron chi connectivity index (χ1n) is 3.43. The number of aliphatic hydroxyl groups excluding tert-OH is 1. The molecule has 2 fully saturated rings. The van der Waals surface area contributed by atoms with Crippen LogP contribution in [0.4, 0.5) is 0 Å². The van der Waals surface area contributed by atoms with Crippen LogP contribution in [0.15, 0.2) is 0 Å². The van der Waals surface area contributed by atoms with E-state index >= 15 is 0 Å². The molecule has 0 bridgehead atoms. The zero-order valence-corrected chi connectivity index (χ0v) is 5.62. The van der Waals surface area contributed by atoms with E-state index in [1.165, 1.54) is 0 Å². The molecule has 2 heterocycles. The number of hydrogen-bond donors (Lipinski definition) is 2. The van der Waals surface area contributed by atoms with Crippen LogP contribution in [0.5, 0.6) is 0 Å². The first kappa shape index (κ1) is 6.54. The Hall–Kier alpha value is -0.160. The van der Waals surface area contributed by atoms with E-state index < -0.39 is 11.6 Å². The van der Waals surface area contributed by atoms with Crippen molar-refractivity contribution < 1.29 is 14.6 Å². The summed E-state index contributed by atoms with van der Waals surface area (Å²) in [7, 11) is 0. The molecule has 4 heteroatoms. The first-order chi connectivity index (χ1) is 4.73. The van der Waals surface area contributed by atoms with Crippen LogP contribution < -0.4 is 5.73 Å². The highest BCUT2D eigenvalue weighted by molar-refractivity contribution is 5.02. The lowest BCUT2D eigenvalue weighted by Gasteiger charge is -2.22. The van der Waals surface area contributed by atoms with E-state index in [1.54, 1.807) is 0 Å². The van der Waals surface area contributed by atoms with Crippen molar-refractivity contribution >= 4 is 0 Å². The van der Waals surface area contributed by atoms with Gasteiger partial charge in [0.1, 0.15) is 6.10 Å². The zero-order chi connectivity index (χ0) is 7.19. The highest BCUT2D eigenvalue weighted by atomic mass is 16.7. The minimum absolute atomic E-state index is 0.307. The van der Waals surface area contributed by atoms with Gasteiger partial charge in [-0.15, -0.1) is 0 Å². The van der Waals surface area contributed by atoms with Gasteiger partial charge in [-0.05, 0) is 6.42 Å². The lowest BCUT2D eigenvalue weighted by molar-refractivity contribution is -0.0949. The van der Waals surface area contributed by atoms with Gasteiger partial charge < -0.3 is 20.3 Å². The minimum Gasteiger partial charge on any atom is -0.389 e. The first-order valence-corrected chi connectivity index (χ1v) is 3.43. The molecule has 0 spiro atoms. The molecule has 58 valence electrons. The lowest BCUT2D eigenvalue weighted by atomic mass is 9.94. The van der Waals surface area contributed by atoms with E-state index in [9.17, 15) is 5.11 Å². The van der Waals surface area contributed by atoms with E-state index in [0.717, 1.165) is 0 Å². The maximum Gasteiger partial charge on any atom is 0.178 e. The van der Waals surface area contributed by atoms with Gasteiger partial charge in [0, 0.05) is 0 Å². The molecule has 1 unspecified atom stereocenters. The van der Waals surface area contributed by atoms with Crippen LogP contribution in [0.1, 0.15) is 6.42 Å². The third-order valence-electron chi connectivity index (χ3n) is 2.27. The molecule has 0 aromatic heterocycles. The van der Waals surface area contributed by atoms with Crippen molar-refractivity contribution in [3.05, 3.63) is 0 Å². The maximum absolute atomic E-state index is 9.33. The van der Waals surface area contributed by atoms with Crippen molar-refractivity contribution in [2.75, 3.05) is 13.2 Å². The average Bonchev–Trinajstić information content (AvgIpc) is 2.36. The molecule has 3 N–H and O–H groups in total. The van der Waals surface area contributed by atoms with Gasteiger partial charge in [-0.25, -0.2) is 0 Å². The van der Waals surface area contributed by atoms with E-state index in [2.05, 4.69) is 0 Å². The van der Waals surface area contributed by atoms with E-state index in [1.807, 2.05) is 0 Å². The molecule has 2 aliphatic heterocycles. The third kappa shape index (κ3) is 0.645.